The number of ether oxygens (including phenoxy) is 1. The molecule has 2 aromatic carbocycles. The van der Waals surface area contributed by atoms with E-state index in [4.69, 9.17) is 20.9 Å². The maximum absolute atomic E-state index is 12.7. The van der Waals surface area contributed by atoms with Gasteiger partial charge < -0.3 is 4.74 Å². The number of nitrogens with one attached hydrogen (secondary N) is 1. The summed E-state index contributed by atoms with van der Waals surface area (Å²) in [6.07, 6.45) is 0. The zero-order valence-electron chi connectivity index (χ0n) is 16.1. The number of benzene rings is 2. The van der Waals surface area contributed by atoms with Gasteiger partial charge in [-0.2, -0.15) is 0 Å². The van der Waals surface area contributed by atoms with Crippen LogP contribution in [0.5, 0.6) is 0 Å². The van der Waals surface area contributed by atoms with Gasteiger partial charge in [0.25, 0.3) is 11.3 Å². The van der Waals surface area contributed by atoms with Crippen molar-refractivity contribution < 1.29 is 18.3 Å². The van der Waals surface area contributed by atoms with Crippen LogP contribution in [0.3, 0.4) is 0 Å². The van der Waals surface area contributed by atoms with Gasteiger partial charge in [-0.15, -0.1) is 11.3 Å². The van der Waals surface area contributed by atoms with Gasteiger partial charge >= 0.3 is 5.97 Å². The van der Waals surface area contributed by atoms with Crippen LogP contribution in [-0.4, -0.2) is 21.3 Å². The van der Waals surface area contributed by atoms with Crippen molar-refractivity contribution in [1.82, 2.24) is 0 Å². The predicted molar refractivity (Wildman–Crippen MR) is 120 cm³/mol. The highest BCUT2D eigenvalue weighted by atomic mass is 35.5. The fourth-order valence-electron chi connectivity index (χ4n) is 3.11. The van der Waals surface area contributed by atoms with E-state index in [9.17, 15) is 9.00 Å². The van der Waals surface area contributed by atoms with Crippen LogP contribution in [0, 0.1) is 13.8 Å². The van der Waals surface area contributed by atoms with Gasteiger partial charge in [-0.3, -0.25) is 9.27 Å². The molecule has 1 atom stereocenters. The lowest BCUT2D eigenvalue weighted by Gasteiger charge is -2.10. The van der Waals surface area contributed by atoms with Crippen molar-refractivity contribution in [3.05, 3.63) is 63.5 Å². The van der Waals surface area contributed by atoms with Gasteiger partial charge in [0.2, 0.25) is 0 Å². The van der Waals surface area contributed by atoms with Gasteiger partial charge in [0.05, 0.1) is 12.3 Å². The van der Waals surface area contributed by atoms with Crippen LogP contribution in [0.2, 0.25) is 5.02 Å². The summed E-state index contributed by atoms with van der Waals surface area (Å²) in [5, 5.41) is 0.647. The highest BCUT2D eigenvalue weighted by Gasteiger charge is 2.24. The molecule has 152 valence electrons. The van der Waals surface area contributed by atoms with E-state index in [0.717, 1.165) is 32.7 Å². The zero-order chi connectivity index (χ0) is 21.1. The lowest BCUT2D eigenvalue weighted by molar-refractivity contribution is 0.0533. The van der Waals surface area contributed by atoms with E-state index in [-0.39, 0.29) is 12.6 Å². The number of hydrogen-bond donors (Lipinski definition) is 2. The summed E-state index contributed by atoms with van der Waals surface area (Å²) in [7, 11) is 0. The molecule has 0 aliphatic heterocycles. The standard InChI is InChI=1S/C21H20ClNO4S2/c1-4-27-21(24)20-18(15-7-10-17(12(2)11-15)23-29(25)26)13(3)19(28-20)14-5-8-16(22)9-6-14/h5-11,23H,4H2,1-3H3,(H,25,26). The van der Waals surface area contributed by atoms with E-state index in [1.165, 1.54) is 11.3 Å². The normalized spacial score (nSPS) is 11.9. The molecule has 0 saturated carbocycles. The molecule has 0 fully saturated rings. The fraction of sp³-hybridized carbons (Fsp3) is 0.190. The first-order chi connectivity index (χ1) is 13.8. The molecule has 0 bridgehead atoms. The zero-order valence-corrected chi connectivity index (χ0v) is 18.5. The minimum atomic E-state index is -2.15. The maximum atomic E-state index is 12.7. The van der Waals surface area contributed by atoms with Gasteiger partial charge in [-0.1, -0.05) is 29.8 Å². The molecule has 3 rings (SSSR count). The molecule has 0 aliphatic rings. The first kappa shape index (κ1) is 21.5. The quantitative estimate of drug-likeness (QED) is 0.353. The molecule has 1 unspecified atom stereocenters. The van der Waals surface area contributed by atoms with E-state index in [0.29, 0.717) is 15.6 Å². The molecular formula is C21H20ClNO4S2. The van der Waals surface area contributed by atoms with Crippen LogP contribution < -0.4 is 4.72 Å². The summed E-state index contributed by atoms with van der Waals surface area (Å²) in [5.41, 5.74) is 4.92. The van der Waals surface area contributed by atoms with E-state index < -0.39 is 11.3 Å². The number of thiophene rings is 1. The molecule has 3 aromatic rings. The average Bonchev–Trinajstić information content (AvgIpc) is 3.01. The Labute approximate surface area is 181 Å². The van der Waals surface area contributed by atoms with Crippen LogP contribution in [0.1, 0.15) is 27.7 Å². The van der Waals surface area contributed by atoms with Crippen molar-refractivity contribution in [1.29, 1.82) is 0 Å². The van der Waals surface area contributed by atoms with E-state index >= 15 is 0 Å². The lowest BCUT2D eigenvalue weighted by atomic mass is 9.97. The average molecular weight is 450 g/mol. The Hall–Kier alpha value is -2.19. The maximum Gasteiger partial charge on any atom is 0.348 e. The van der Waals surface area contributed by atoms with E-state index in [1.54, 1.807) is 13.0 Å². The number of hydrogen-bond acceptors (Lipinski definition) is 4. The summed E-state index contributed by atoms with van der Waals surface area (Å²) in [6, 6.07) is 12.9. The Bertz CT molecular complexity index is 1080. The second-order valence-electron chi connectivity index (χ2n) is 6.37. The van der Waals surface area contributed by atoms with Crippen molar-refractivity contribution in [3.8, 4) is 21.6 Å². The molecule has 2 N–H and O–H groups in total. The van der Waals surface area contributed by atoms with Gasteiger partial charge in [0, 0.05) is 15.5 Å². The molecule has 1 aromatic heterocycles. The van der Waals surface area contributed by atoms with Crippen LogP contribution in [0.4, 0.5) is 5.69 Å². The fourth-order valence-corrected chi connectivity index (χ4v) is 4.88. The van der Waals surface area contributed by atoms with E-state index in [1.807, 2.05) is 50.2 Å². The van der Waals surface area contributed by atoms with Crippen LogP contribution in [0.15, 0.2) is 42.5 Å². The smallest absolute Gasteiger partial charge is 0.348 e. The minimum absolute atomic E-state index is 0.287. The Morgan fingerprint density at radius 2 is 1.83 bits per heavy atom. The summed E-state index contributed by atoms with van der Waals surface area (Å²) >= 11 is 5.25. The SMILES string of the molecule is CCOC(=O)c1sc(-c2ccc(Cl)cc2)c(C)c1-c1ccc(NS(=O)O)c(C)c1. The lowest BCUT2D eigenvalue weighted by Crippen LogP contribution is -2.05. The molecule has 0 spiro atoms. The molecule has 0 saturated heterocycles. The number of rotatable bonds is 6. The summed E-state index contributed by atoms with van der Waals surface area (Å²) in [5.74, 6) is -0.368. The Morgan fingerprint density at radius 3 is 2.41 bits per heavy atom. The summed E-state index contributed by atoms with van der Waals surface area (Å²) in [4.78, 5) is 14.2. The molecule has 1 heterocycles. The molecule has 5 nitrogen and oxygen atoms in total. The molecule has 0 aliphatic carbocycles. The van der Waals surface area contributed by atoms with Gasteiger partial charge in [-0.05, 0) is 67.3 Å². The largest absolute Gasteiger partial charge is 0.462 e. The molecule has 29 heavy (non-hydrogen) atoms. The van der Waals surface area contributed by atoms with Crippen LogP contribution >= 0.6 is 22.9 Å². The van der Waals surface area contributed by atoms with E-state index in [2.05, 4.69) is 4.72 Å². The van der Waals surface area contributed by atoms with Crippen molar-refractivity contribution in [3.63, 3.8) is 0 Å². The Balaban J connectivity index is 2.16. The second kappa shape index (κ2) is 9.09. The highest BCUT2D eigenvalue weighted by Crippen LogP contribution is 2.43. The van der Waals surface area contributed by atoms with Crippen molar-refractivity contribution in [2.75, 3.05) is 11.3 Å². The topological polar surface area (TPSA) is 75.6 Å². The van der Waals surface area contributed by atoms with Gasteiger partial charge in [0.15, 0.2) is 0 Å². The summed E-state index contributed by atoms with van der Waals surface area (Å²) < 4.78 is 27.9. The minimum Gasteiger partial charge on any atom is -0.462 e. The number of carbonyl (C=O) groups excluding carboxylic acids is 1. The van der Waals surface area contributed by atoms with Crippen molar-refractivity contribution >= 4 is 45.9 Å². The van der Waals surface area contributed by atoms with Gasteiger partial charge in [-0.25, -0.2) is 9.00 Å². The van der Waals surface area contributed by atoms with Crippen molar-refractivity contribution in [2.45, 2.75) is 20.8 Å². The first-order valence-electron chi connectivity index (χ1n) is 8.86. The first-order valence-corrected chi connectivity index (χ1v) is 11.2. The Morgan fingerprint density at radius 1 is 1.17 bits per heavy atom. The van der Waals surface area contributed by atoms with Crippen LogP contribution in [-0.2, 0) is 16.0 Å². The molecule has 0 amide bonds. The third kappa shape index (κ3) is 4.70. The second-order valence-corrected chi connectivity index (χ2v) is 8.53. The number of halogens is 1. The van der Waals surface area contributed by atoms with Crippen molar-refractivity contribution in [2.24, 2.45) is 0 Å². The number of aryl methyl sites for hydroxylation is 1. The Kier molecular flexibility index (Phi) is 6.74. The van der Waals surface area contributed by atoms with Gasteiger partial charge in [0.1, 0.15) is 4.88 Å². The monoisotopic (exact) mass is 449 g/mol. The predicted octanol–water partition coefficient (Wildman–Crippen LogP) is 6.08. The third-order valence-electron chi connectivity index (χ3n) is 4.43. The third-order valence-corrected chi connectivity index (χ3v) is 6.39. The highest BCUT2D eigenvalue weighted by molar-refractivity contribution is 7.80. The number of carbonyl (C=O) groups is 1. The summed E-state index contributed by atoms with van der Waals surface area (Å²) in [6.45, 7) is 5.88. The number of anilines is 1. The molecule has 8 heteroatoms. The number of esters is 1. The molecule has 0 radical (unpaired) electrons. The molecular weight excluding hydrogens is 430 g/mol. The van der Waals surface area contributed by atoms with Crippen LogP contribution in [0.25, 0.3) is 21.6 Å².